The summed E-state index contributed by atoms with van der Waals surface area (Å²) in [4.78, 5) is 15.6. The van der Waals surface area contributed by atoms with Crippen LogP contribution in [0.1, 0.15) is 46.6 Å². The monoisotopic (exact) mass is 461 g/mol. The summed E-state index contributed by atoms with van der Waals surface area (Å²) in [7, 11) is 0. The van der Waals surface area contributed by atoms with Gasteiger partial charge in [0.25, 0.3) is 0 Å². The van der Waals surface area contributed by atoms with Crippen LogP contribution in [0.25, 0.3) is 11.1 Å². The van der Waals surface area contributed by atoms with Gasteiger partial charge in [0.05, 0.1) is 6.61 Å². The Morgan fingerprint density at radius 2 is 1.85 bits per heavy atom. The Morgan fingerprint density at radius 3 is 2.50 bits per heavy atom. The molecule has 0 bridgehead atoms. The summed E-state index contributed by atoms with van der Waals surface area (Å²) in [6.07, 6.45) is 0.718. The fourth-order valence-electron chi connectivity index (χ4n) is 4.22. The lowest BCUT2D eigenvalue weighted by molar-refractivity contribution is -0.141. The Hall–Kier alpha value is -3.22. The number of aryl methyl sites for hydroxylation is 2. The molecule has 1 saturated heterocycles. The number of nitrogens with zero attached hydrogens (tertiary/aromatic N) is 1. The fraction of sp³-hybridized carbons (Fsp3) is 0.357. The first-order valence-electron chi connectivity index (χ1n) is 11.5. The van der Waals surface area contributed by atoms with Gasteiger partial charge in [-0.3, -0.25) is 4.79 Å². The van der Waals surface area contributed by atoms with E-state index in [0.29, 0.717) is 31.3 Å². The molecule has 6 heteroatoms. The number of aldehydes is 1. The molecule has 34 heavy (non-hydrogen) atoms. The number of aromatic nitrogens is 1. The van der Waals surface area contributed by atoms with Crippen molar-refractivity contribution in [2.24, 2.45) is 0 Å². The van der Waals surface area contributed by atoms with Gasteiger partial charge in [0.15, 0.2) is 5.79 Å². The molecule has 4 rings (SSSR count). The summed E-state index contributed by atoms with van der Waals surface area (Å²) in [5.74, 6) is 0.747. The summed E-state index contributed by atoms with van der Waals surface area (Å²) in [5, 5.41) is 0. The third kappa shape index (κ3) is 5.46. The standard InChI is InChI=1S/C28H31NO5/c1-18-13-26(32-16-24-17-33-28(4,5)34-24)29-20(3)27(18)25-8-6-7-22(19(25)2)15-31-23-11-9-21(14-30)10-12-23/h6-14,24H,15-17H2,1-5H3. The average Bonchev–Trinajstić information content (AvgIpc) is 3.16. The second kappa shape index (κ2) is 9.95. The molecule has 1 aliphatic rings. The van der Waals surface area contributed by atoms with E-state index in [1.165, 1.54) is 0 Å². The maximum Gasteiger partial charge on any atom is 0.213 e. The fourth-order valence-corrected chi connectivity index (χ4v) is 4.22. The van der Waals surface area contributed by atoms with Gasteiger partial charge in [0.1, 0.15) is 31.4 Å². The van der Waals surface area contributed by atoms with Gasteiger partial charge in [0.2, 0.25) is 5.88 Å². The molecule has 1 aliphatic heterocycles. The van der Waals surface area contributed by atoms with Crippen LogP contribution in [0, 0.1) is 20.8 Å². The van der Waals surface area contributed by atoms with Crippen LogP contribution >= 0.6 is 0 Å². The molecule has 1 aromatic heterocycles. The molecular weight excluding hydrogens is 430 g/mol. The first-order valence-corrected chi connectivity index (χ1v) is 11.5. The molecule has 6 nitrogen and oxygen atoms in total. The van der Waals surface area contributed by atoms with Crippen molar-refractivity contribution < 1.29 is 23.7 Å². The van der Waals surface area contributed by atoms with Gasteiger partial charge in [-0.15, -0.1) is 0 Å². The molecule has 2 aromatic carbocycles. The zero-order valence-electron chi connectivity index (χ0n) is 20.4. The van der Waals surface area contributed by atoms with Crippen LogP contribution in [0.5, 0.6) is 11.6 Å². The first kappa shape index (κ1) is 23.9. The van der Waals surface area contributed by atoms with Crippen molar-refractivity contribution in [1.29, 1.82) is 0 Å². The molecule has 2 heterocycles. The van der Waals surface area contributed by atoms with E-state index >= 15 is 0 Å². The summed E-state index contributed by atoms with van der Waals surface area (Å²) in [6, 6.07) is 15.3. The van der Waals surface area contributed by atoms with E-state index in [0.717, 1.165) is 45.5 Å². The van der Waals surface area contributed by atoms with Gasteiger partial charge in [-0.05, 0) is 81.1 Å². The van der Waals surface area contributed by atoms with Gasteiger partial charge in [-0.25, -0.2) is 4.98 Å². The van der Waals surface area contributed by atoms with Crippen molar-refractivity contribution in [2.75, 3.05) is 13.2 Å². The predicted octanol–water partition coefficient (Wildman–Crippen LogP) is 5.60. The summed E-state index contributed by atoms with van der Waals surface area (Å²) >= 11 is 0. The third-order valence-corrected chi connectivity index (χ3v) is 5.98. The number of carbonyl (C=O) groups excluding carboxylic acids is 1. The molecule has 0 aliphatic carbocycles. The maximum atomic E-state index is 10.8. The summed E-state index contributed by atoms with van der Waals surface area (Å²) in [5.41, 5.74) is 7.10. The van der Waals surface area contributed by atoms with Crippen molar-refractivity contribution in [3.05, 3.63) is 76.5 Å². The molecular formula is C28H31NO5. The van der Waals surface area contributed by atoms with Crippen molar-refractivity contribution in [1.82, 2.24) is 4.98 Å². The molecule has 1 fully saturated rings. The zero-order valence-corrected chi connectivity index (χ0v) is 20.4. The Balaban J connectivity index is 1.49. The highest BCUT2D eigenvalue weighted by Crippen LogP contribution is 2.33. The highest BCUT2D eigenvalue weighted by atomic mass is 16.7. The zero-order chi connectivity index (χ0) is 24.3. The van der Waals surface area contributed by atoms with Crippen LogP contribution in [0.4, 0.5) is 0 Å². The SMILES string of the molecule is Cc1cc(OCC2COC(C)(C)O2)nc(C)c1-c1cccc(COc2ccc(C=O)cc2)c1C. The summed E-state index contributed by atoms with van der Waals surface area (Å²) < 4.78 is 23.3. The van der Waals surface area contributed by atoms with E-state index in [-0.39, 0.29) is 6.10 Å². The van der Waals surface area contributed by atoms with Crippen molar-refractivity contribution >= 4 is 6.29 Å². The van der Waals surface area contributed by atoms with Crippen LogP contribution in [-0.4, -0.2) is 36.4 Å². The van der Waals surface area contributed by atoms with E-state index < -0.39 is 5.79 Å². The van der Waals surface area contributed by atoms with E-state index in [2.05, 4.69) is 26.0 Å². The second-order valence-electron chi connectivity index (χ2n) is 9.06. The number of rotatable bonds is 8. The number of carbonyl (C=O) groups is 1. The Kier molecular flexibility index (Phi) is 7.00. The predicted molar refractivity (Wildman–Crippen MR) is 130 cm³/mol. The minimum atomic E-state index is -0.567. The largest absolute Gasteiger partial charge is 0.489 e. The highest BCUT2D eigenvalue weighted by Gasteiger charge is 2.33. The third-order valence-electron chi connectivity index (χ3n) is 5.98. The van der Waals surface area contributed by atoms with Crippen molar-refractivity contribution in [3.8, 4) is 22.8 Å². The van der Waals surface area contributed by atoms with E-state index in [4.69, 9.17) is 23.9 Å². The van der Waals surface area contributed by atoms with E-state index in [9.17, 15) is 4.79 Å². The quantitative estimate of drug-likeness (QED) is 0.407. The van der Waals surface area contributed by atoms with Crippen LogP contribution < -0.4 is 9.47 Å². The first-order chi connectivity index (χ1) is 16.3. The van der Waals surface area contributed by atoms with E-state index in [1.54, 1.807) is 12.1 Å². The molecule has 0 saturated carbocycles. The van der Waals surface area contributed by atoms with Gasteiger partial charge < -0.3 is 18.9 Å². The number of hydrogen-bond acceptors (Lipinski definition) is 6. The summed E-state index contributed by atoms with van der Waals surface area (Å²) in [6.45, 7) is 11.3. The molecule has 0 radical (unpaired) electrons. The number of ether oxygens (including phenoxy) is 4. The molecule has 0 N–H and O–H groups in total. The number of benzene rings is 2. The molecule has 1 unspecified atom stereocenters. The Morgan fingerprint density at radius 1 is 1.09 bits per heavy atom. The van der Waals surface area contributed by atoms with Gasteiger partial charge in [-0.1, -0.05) is 18.2 Å². The molecule has 0 amide bonds. The van der Waals surface area contributed by atoms with E-state index in [1.807, 2.05) is 45.0 Å². The Bertz CT molecular complexity index is 1150. The lowest BCUT2D eigenvalue weighted by atomic mass is 9.93. The topological polar surface area (TPSA) is 66.9 Å². The van der Waals surface area contributed by atoms with Gasteiger partial charge in [-0.2, -0.15) is 0 Å². The number of hydrogen-bond donors (Lipinski definition) is 0. The molecule has 0 spiro atoms. The lowest BCUT2D eigenvalue weighted by Crippen LogP contribution is -2.25. The van der Waals surface area contributed by atoms with Crippen LogP contribution in [0.3, 0.4) is 0 Å². The minimum absolute atomic E-state index is 0.106. The normalized spacial score (nSPS) is 16.9. The van der Waals surface area contributed by atoms with Gasteiger partial charge >= 0.3 is 0 Å². The highest BCUT2D eigenvalue weighted by molar-refractivity contribution is 5.75. The second-order valence-corrected chi connectivity index (χ2v) is 9.06. The average molecular weight is 462 g/mol. The van der Waals surface area contributed by atoms with Crippen molar-refractivity contribution in [3.63, 3.8) is 0 Å². The van der Waals surface area contributed by atoms with Crippen LogP contribution in [0.2, 0.25) is 0 Å². The van der Waals surface area contributed by atoms with Crippen molar-refractivity contribution in [2.45, 2.75) is 53.1 Å². The van der Waals surface area contributed by atoms with Crippen LogP contribution in [0.15, 0.2) is 48.5 Å². The Labute approximate surface area is 200 Å². The maximum absolute atomic E-state index is 10.8. The lowest BCUT2D eigenvalue weighted by Gasteiger charge is -2.18. The molecule has 3 aromatic rings. The van der Waals surface area contributed by atoms with Gasteiger partial charge in [0, 0.05) is 22.9 Å². The minimum Gasteiger partial charge on any atom is -0.489 e. The smallest absolute Gasteiger partial charge is 0.213 e. The van der Waals surface area contributed by atoms with Crippen LogP contribution in [-0.2, 0) is 16.1 Å². The molecule has 1 atom stereocenters. The molecule has 178 valence electrons. The number of pyridine rings is 1.